The third-order valence-corrected chi connectivity index (χ3v) is 3.44. The second kappa shape index (κ2) is 7.24. The zero-order chi connectivity index (χ0) is 16.1. The predicted molar refractivity (Wildman–Crippen MR) is 94.3 cm³/mol. The first-order valence-corrected chi connectivity index (χ1v) is 7.31. The van der Waals surface area contributed by atoms with Crippen molar-refractivity contribution in [1.82, 2.24) is 0 Å². The van der Waals surface area contributed by atoms with Crippen LogP contribution in [-0.2, 0) is 0 Å². The molecule has 0 amide bonds. The Morgan fingerprint density at radius 3 is 2.41 bits per heavy atom. The number of hydrogen-bond acceptors (Lipinski definition) is 3. The molecule has 6 heteroatoms. The molecule has 4 nitrogen and oxygen atoms in total. The van der Waals surface area contributed by atoms with Crippen molar-refractivity contribution >= 4 is 46.1 Å². The van der Waals surface area contributed by atoms with E-state index in [0.717, 1.165) is 11.4 Å². The van der Waals surface area contributed by atoms with Crippen LogP contribution in [0, 0.1) is 0 Å². The number of carbonyl (C=O) groups is 1. The smallest absolute Gasteiger partial charge is 0.175 e. The lowest BCUT2D eigenvalue weighted by Crippen LogP contribution is -2.19. The van der Waals surface area contributed by atoms with Crippen molar-refractivity contribution in [3.63, 3.8) is 0 Å². The molecule has 0 radical (unpaired) electrons. The highest BCUT2D eigenvalue weighted by molar-refractivity contribution is 7.80. The molecule has 0 fully saturated rings. The Morgan fingerprint density at radius 2 is 1.82 bits per heavy atom. The van der Waals surface area contributed by atoms with E-state index in [4.69, 9.17) is 28.6 Å². The first kappa shape index (κ1) is 16.3. The standard InChI is InChI=1S/C16H15ClN2O2S/c1-10(20)11-4-3-5-12(8-11)18-16(22)19-13-6-7-15(21-2)14(17)9-13/h3-9H,1-2H3,(H2,18,19,22). The Balaban J connectivity index is 2.05. The number of carbonyl (C=O) groups excluding carboxylic acids is 1. The van der Waals surface area contributed by atoms with Crippen LogP contribution in [0.4, 0.5) is 11.4 Å². The topological polar surface area (TPSA) is 50.4 Å². The van der Waals surface area contributed by atoms with Crippen molar-refractivity contribution in [3.05, 3.63) is 53.1 Å². The molecule has 2 aromatic carbocycles. The van der Waals surface area contributed by atoms with Gasteiger partial charge in [0.05, 0.1) is 12.1 Å². The summed E-state index contributed by atoms with van der Waals surface area (Å²) >= 11 is 11.3. The Labute approximate surface area is 139 Å². The summed E-state index contributed by atoms with van der Waals surface area (Å²) in [6, 6.07) is 12.4. The Morgan fingerprint density at radius 1 is 1.14 bits per heavy atom. The highest BCUT2D eigenvalue weighted by Crippen LogP contribution is 2.27. The molecule has 22 heavy (non-hydrogen) atoms. The first-order chi connectivity index (χ1) is 10.5. The molecule has 0 bridgehead atoms. The van der Waals surface area contributed by atoms with Crippen LogP contribution in [0.15, 0.2) is 42.5 Å². The summed E-state index contributed by atoms with van der Waals surface area (Å²) < 4.78 is 5.10. The van der Waals surface area contributed by atoms with Gasteiger partial charge in [0.2, 0.25) is 0 Å². The molecule has 0 unspecified atom stereocenters. The second-order valence-corrected chi connectivity index (χ2v) is 5.38. The quantitative estimate of drug-likeness (QED) is 0.642. The molecule has 0 saturated carbocycles. The lowest BCUT2D eigenvalue weighted by molar-refractivity contribution is 0.101. The molecule has 0 aliphatic rings. The fourth-order valence-corrected chi connectivity index (χ4v) is 2.35. The van der Waals surface area contributed by atoms with Gasteiger partial charge >= 0.3 is 0 Å². The fourth-order valence-electron chi connectivity index (χ4n) is 1.85. The minimum absolute atomic E-state index is 0.00413. The number of rotatable bonds is 4. The Kier molecular flexibility index (Phi) is 5.35. The average molecular weight is 335 g/mol. The summed E-state index contributed by atoms with van der Waals surface area (Å²) in [6.45, 7) is 1.52. The van der Waals surface area contributed by atoms with Crippen LogP contribution in [0.5, 0.6) is 5.75 Å². The second-order valence-electron chi connectivity index (χ2n) is 4.57. The van der Waals surface area contributed by atoms with Gasteiger partial charge < -0.3 is 15.4 Å². The van der Waals surface area contributed by atoms with E-state index < -0.39 is 0 Å². The maximum Gasteiger partial charge on any atom is 0.175 e. The van der Waals surface area contributed by atoms with Crippen LogP contribution >= 0.6 is 23.8 Å². The van der Waals surface area contributed by atoms with Gasteiger partial charge in [-0.15, -0.1) is 0 Å². The van der Waals surface area contributed by atoms with Crippen molar-refractivity contribution in [2.24, 2.45) is 0 Å². The molecule has 0 aliphatic heterocycles. The number of Topliss-reactive ketones (excluding diaryl/α,β-unsaturated/α-hetero) is 1. The number of halogens is 1. The summed E-state index contributed by atoms with van der Waals surface area (Å²) in [7, 11) is 1.56. The van der Waals surface area contributed by atoms with Crippen LogP contribution < -0.4 is 15.4 Å². The number of methoxy groups -OCH3 is 1. The SMILES string of the molecule is COc1ccc(NC(=S)Nc2cccc(C(C)=O)c2)cc1Cl. The van der Waals surface area contributed by atoms with E-state index in [1.54, 1.807) is 37.4 Å². The normalized spacial score (nSPS) is 9.95. The van der Waals surface area contributed by atoms with Crippen molar-refractivity contribution in [1.29, 1.82) is 0 Å². The summed E-state index contributed by atoms with van der Waals surface area (Å²) in [5, 5.41) is 6.95. The maximum absolute atomic E-state index is 11.4. The number of benzene rings is 2. The molecule has 114 valence electrons. The number of thiocarbonyl (C=S) groups is 1. The molecular formula is C16H15ClN2O2S. The summed E-state index contributed by atoms with van der Waals surface area (Å²) in [4.78, 5) is 11.4. The van der Waals surface area contributed by atoms with Crippen molar-refractivity contribution in [3.8, 4) is 5.75 Å². The minimum Gasteiger partial charge on any atom is -0.495 e. The molecule has 0 heterocycles. The van der Waals surface area contributed by atoms with Gasteiger partial charge in [-0.2, -0.15) is 0 Å². The van der Waals surface area contributed by atoms with Crippen molar-refractivity contribution in [2.75, 3.05) is 17.7 Å². The lowest BCUT2D eigenvalue weighted by atomic mass is 10.1. The highest BCUT2D eigenvalue weighted by atomic mass is 35.5. The van der Waals surface area contributed by atoms with Crippen LogP contribution in [0.3, 0.4) is 0 Å². The van der Waals surface area contributed by atoms with E-state index in [1.165, 1.54) is 6.92 Å². The van der Waals surface area contributed by atoms with Crippen molar-refractivity contribution in [2.45, 2.75) is 6.92 Å². The van der Waals surface area contributed by atoms with Crippen LogP contribution in [0.25, 0.3) is 0 Å². The van der Waals surface area contributed by atoms with Gasteiger partial charge in [-0.3, -0.25) is 4.79 Å². The van der Waals surface area contributed by atoms with Crippen LogP contribution in [0.2, 0.25) is 5.02 Å². The Hall–Kier alpha value is -2.11. The monoisotopic (exact) mass is 334 g/mol. The van der Waals surface area contributed by atoms with Gasteiger partial charge in [-0.25, -0.2) is 0 Å². The predicted octanol–water partition coefficient (Wildman–Crippen LogP) is 4.36. The molecule has 0 saturated heterocycles. The largest absolute Gasteiger partial charge is 0.495 e. The van der Waals surface area contributed by atoms with E-state index >= 15 is 0 Å². The van der Waals surface area contributed by atoms with E-state index in [-0.39, 0.29) is 5.78 Å². The van der Waals surface area contributed by atoms with Gasteiger partial charge in [0.15, 0.2) is 10.9 Å². The Bertz CT molecular complexity index is 719. The fraction of sp³-hybridized carbons (Fsp3) is 0.125. The van der Waals surface area contributed by atoms with Gasteiger partial charge in [0, 0.05) is 16.9 Å². The number of ketones is 1. The molecule has 0 spiro atoms. The average Bonchev–Trinajstić information content (AvgIpc) is 2.47. The maximum atomic E-state index is 11.4. The zero-order valence-electron chi connectivity index (χ0n) is 12.1. The first-order valence-electron chi connectivity index (χ1n) is 6.52. The van der Waals surface area contributed by atoms with Crippen LogP contribution in [0.1, 0.15) is 17.3 Å². The summed E-state index contributed by atoms with van der Waals surface area (Å²) in [6.07, 6.45) is 0. The van der Waals surface area contributed by atoms with E-state index in [0.29, 0.717) is 21.4 Å². The minimum atomic E-state index is 0.00413. The molecule has 0 aromatic heterocycles. The lowest BCUT2D eigenvalue weighted by Gasteiger charge is -2.12. The molecular weight excluding hydrogens is 320 g/mol. The molecule has 0 aliphatic carbocycles. The summed E-state index contributed by atoms with van der Waals surface area (Å²) in [5.74, 6) is 0.602. The van der Waals surface area contributed by atoms with Gasteiger partial charge in [0.1, 0.15) is 5.75 Å². The third-order valence-electron chi connectivity index (χ3n) is 2.94. The number of nitrogens with one attached hydrogen (secondary N) is 2. The van der Waals surface area contributed by atoms with Gasteiger partial charge in [-0.1, -0.05) is 23.7 Å². The number of hydrogen-bond donors (Lipinski definition) is 2. The van der Waals surface area contributed by atoms with E-state index in [9.17, 15) is 4.79 Å². The molecule has 2 rings (SSSR count). The van der Waals surface area contributed by atoms with Gasteiger partial charge in [-0.05, 0) is 49.5 Å². The van der Waals surface area contributed by atoms with Crippen LogP contribution in [-0.4, -0.2) is 18.0 Å². The van der Waals surface area contributed by atoms with E-state index in [1.807, 2.05) is 12.1 Å². The van der Waals surface area contributed by atoms with Crippen molar-refractivity contribution < 1.29 is 9.53 Å². The molecule has 2 aromatic rings. The highest BCUT2D eigenvalue weighted by Gasteiger charge is 2.05. The molecule has 2 N–H and O–H groups in total. The zero-order valence-corrected chi connectivity index (χ0v) is 13.7. The molecule has 0 atom stereocenters. The van der Waals surface area contributed by atoms with Gasteiger partial charge in [0.25, 0.3) is 0 Å². The third kappa shape index (κ3) is 4.19. The number of ether oxygens (including phenoxy) is 1. The summed E-state index contributed by atoms with van der Waals surface area (Å²) in [5.41, 5.74) is 2.11. The number of anilines is 2. The van der Waals surface area contributed by atoms with E-state index in [2.05, 4.69) is 10.6 Å².